The third-order valence-corrected chi connectivity index (χ3v) is 4.62. The van der Waals surface area contributed by atoms with Gasteiger partial charge < -0.3 is 10.6 Å². The van der Waals surface area contributed by atoms with Gasteiger partial charge in [-0.3, -0.25) is 9.69 Å². The van der Waals surface area contributed by atoms with Crippen molar-refractivity contribution in [2.75, 3.05) is 19.6 Å². The van der Waals surface area contributed by atoms with E-state index in [2.05, 4.69) is 36.3 Å². The van der Waals surface area contributed by atoms with E-state index in [1.165, 1.54) is 12.8 Å². The predicted octanol–water partition coefficient (Wildman–Crippen LogP) is 1.36. The van der Waals surface area contributed by atoms with Crippen LogP contribution in [-0.4, -0.2) is 48.6 Å². The minimum absolute atomic E-state index is 0.209. The molecule has 2 N–H and O–H groups in total. The van der Waals surface area contributed by atoms with Crippen LogP contribution in [0.3, 0.4) is 0 Å². The van der Waals surface area contributed by atoms with Crippen molar-refractivity contribution >= 4 is 5.91 Å². The van der Waals surface area contributed by atoms with Crippen LogP contribution in [0.5, 0.6) is 0 Å². The SMILES string of the molecule is CC1CCC(NC(=O)CN2CC(C)NCC2C)CC1. The lowest BCUT2D eigenvalue weighted by molar-refractivity contribution is -0.124. The van der Waals surface area contributed by atoms with Crippen LogP contribution in [0.25, 0.3) is 0 Å². The molecule has 110 valence electrons. The standard InChI is InChI=1S/C15H29N3O/c1-11-4-6-14(7-5-11)17-15(19)10-18-9-12(2)16-8-13(18)3/h11-14,16H,4-10H2,1-3H3,(H,17,19). The van der Waals surface area contributed by atoms with Gasteiger partial charge >= 0.3 is 0 Å². The van der Waals surface area contributed by atoms with Crippen molar-refractivity contribution < 1.29 is 4.79 Å². The van der Waals surface area contributed by atoms with Crippen molar-refractivity contribution in [2.24, 2.45) is 5.92 Å². The van der Waals surface area contributed by atoms with Crippen molar-refractivity contribution in [3.8, 4) is 0 Å². The fraction of sp³-hybridized carbons (Fsp3) is 0.933. The molecule has 1 aliphatic carbocycles. The number of piperazine rings is 1. The highest BCUT2D eigenvalue weighted by atomic mass is 16.2. The third kappa shape index (κ3) is 4.46. The van der Waals surface area contributed by atoms with Gasteiger partial charge in [0.25, 0.3) is 0 Å². The van der Waals surface area contributed by atoms with Crippen molar-refractivity contribution in [3.05, 3.63) is 0 Å². The number of hydrogen-bond acceptors (Lipinski definition) is 3. The average molecular weight is 267 g/mol. The molecule has 4 nitrogen and oxygen atoms in total. The first-order valence-electron chi connectivity index (χ1n) is 7.81. The van der Waals surface area contributed by atoms with Gasteiger partial charge in [-0.05, 0) is 45.4 Å². The molecule has 1 aliphatic heterocycles. The predicted molar refractivity (Wildman–Crippen MR) is 78.1 cm³/mol. The molecule has 0 spiro atoms. The summed E-state index contributed by atoms with van der Waals surface area (Å²) in [5, 5.41) is 6.67. The van der Waals surface area contributed by atoms with Crippen LogP contribution in [0, 0.1) is 5.92 Å². The van der Waals surface area contributed by atoms with Crippen molar-refractivity contribution in [1.82, 2.24) is 15.5 Å². The van der Waals surface area contributed by atoms with E-state index < -0.39 is 0 Å². The Morgan fingerprint density at radius 3 is 2.58 bits per heavy atom. The lowest BCUT2D eigenvalue weighted by atomic mass is 9.87. The molecule has 1 amide bonds. The molecule has 0 radical (unpaired) electrons. The topological polar surface area (TPSA) is 44.4 Å². The number of rotatable bonds is 3. The largest absolute Gasteiger partial charge is 0.352 e. The summed E-state index contributed by atoms with van der Waals surface area (Å²) in [6.07, 6.45) is 4.82. The van der Waals surface area contributed by atoms with Crippen LogP contribution in [0.15, 0.2) is 0 Å². The van der Waals surface area contributed by atoms with Crippen LogP contribution >= 0.6 is 0 Å². The summed E-state index contributed by atoms with van der Waals surface area (Å²) in [4.78, 5) is 14.4. The van der Waals surface area contributed by atoms with E-state index in [1.54, 1.807) is 0 Å². The summed E-state index contributed by atoms with van der Waals surface area (Å²) in [6.45, 7) is 9.18. The monoisotopic (exact) mass is 267 g/mol. The molecule has 2 rings (SSSR count). The van der Waals surface area contributed by atoms with E-state index in [4.69, 9.17) is 0 Å². The molecule has 2 fully saturated rings. The molecule has 2 aliphatic rings. The average Bonchev–Trinajstić information content (AvgIpc) is 2.37. The molecule has 0 aromatic carbocycles. The van der Waals surface area contributed by atoms with E-state index in [0.717, 1.165) is 31.8 Å². The van der Waals surface area contributed by atoms with E-state index in [9.17, 15) is 4.79 Å². The number of nitrogens with zero attached hydrogens (tertiary/aromatic N) is 1. The first kappa shape index (κ1) is 14.8. The van der Waals surface area contributed by atoms with Crippen molar-refractivity contribution in [2.45, 2.75) is 64.6 Å². The number of carbonyl (C=O) groups is 1. The van der Waals surface area contributed by atoms with Gasteiger partial charge in [0.05, 0.1) is 6.54 Å². The number of nitrogens with one attached hydrogen (secondary N) is 2. The summed E-state index contributed by atoms with van der Waals surface area (Å²) >= 11 is 0. The summed E-state index contributed by atoms with van der Waals surface area (Å²) in [7, 11) is 0. The number of hydrogen-bond donors (Lipinski definition) is 2. The number of amides is 1. The highest BCUT2D eigenvalue weighted by Gasteiger charge is 2.25. The Labute approximate surface area is 117 Å². The quantitative estimate of drug-likeness (QED) is 0.811. The molecule has 1 saturated carbocycles. The zero-order valence-corrected chi connectivity index (χ0v) is 12.6. The normalized spacial score (nSPS) is 37.0. The van der Waals surface area contributed by atoms with E-state index in [0.29, 0.717) is 24.7 Å². The third-order valence-electron chi connectivity index (χ3n) is 4.62. The van der Waals surface area contributed by atoms with E-state index in [-0.39, 0.29) is 5.91 Å². The zero-order chi connectivity index (χ0) is 13.8. The van der Waals surface area contributed by atoms with Gasteiger partial charge in [-0.15, -0.1) is 0 Å². The summed E-state index contributed by atoms with van der Waals surface area (Å²) < 4.78 is 0. The fourth-order valence-corrected chi connectivity index (χ4v) is 3.18. The van der Waals surface area contributed by atoms with Gasteiger partial charge in [-0.25, -0.2) is 0 Å². The first-order chi connectivity index (χ1) is 9.04. The molecule has 0 bridgehead atoms. The maximum atomic E-state index is 12.1. The first-order valence-corrected chi connectivity index (χ1v) is 7.81. The van der Waals surface area contributed by atoms with Gasteiger partial charge in [0.2, 0.25) is 5.91 Å². The smallest absolute Gasteiger partial charge is 0.234 e. The van der Waals surface area contributed by atoms with Gasteiger partial charge in [0, 0.05) is 31.2 Å². The van der Waals surface area contributed by atoms with Crippen molar-refractivity contribution in [3.63, 3.8) is 0 Å². The fourth-order valence-electron chi connectivity index (χ4n) is 3.18. The minimum atomic E-state index is 0.209. The molecule has 4 heteroatoms. The summed E-state index contributed by atoms with van der Waals surface area (Å²) in [6, 6.07) is 1.35. The second-order valence-electron chi connectivity index (χ2n) is 6.61. The van der Waals surface area contributed by atoms with Gasteiger partial charge in [-0.2, -0.15) is 0 Å². The maximum absolute atomic E-state index is 12.1. The Morgan fingerprint density at radius 1 is 1.21 bits per heavy atom. The van der Waals surface area contributed by atoms with Gasteiger partial charge in [0.1, 0.15) is 0 Å². The Bertz CT molecular complexity index is 300. The van der Waals surface area contributed by atoms with Crippen molar-refractivity contribution in [1.29, 1.82) is 0 Å². The Morgan fingerprint density at radius 2 is 1.89 bits per heavy atom. The molecule has 0 aromatic heterocycles. The Balaban J connectivity index is 1.74. The molecular formula is C15H29N3O. The van der Waals surface area contributed by atoms with E-state index >= 15 is 0 Å². The van der Waals surface area contributed by atoms with Gasteiger partial charge in [-0.1, -0.05) is 6.92 Å². The summed E-state index contributed by atoms with van der Waals surface area (Å²) in [5.41, 5.74) is 0. The second kappa shape index (κ2) is 6.71. The Kier molecular flexibility index (Phi) is 5.22. The lowest BCUT2D eigenvalue weighted by Crippen LogP contribution is -2.57. The molecular weight excluding hydrogens is 238 g/mol. The van der Waals surface area contributed by atoms with Crippen LogP contribution < -0.4 is 10.6 Å². The molecule has 19 heavy (non-hydrogen) atoms. The Hall–Kier alpha value is -0.610. The molecule has 1 saturated heterocycles. The van der Waals surface area contributed by atoms with Crippen LogP contribution in [0.1, 0.15) is 46.5 Å². The highest BCUT2D eigenvalue weighted by Crippen LogP contribution is 2.23. The summed E-state index contributed by atoms with van der Waals surface area (Å²) in [5.74, 6) is 1.04. The molecule has 2 unspecified atom stereocenters. The molecule has 0 aromatic rings. The molecule has 2 atom stereocenters. The van der Waals surface area contributed by atoms with Crippen LogP contribution in [0.4, 0.5) is 0 Å². The van der Waals surface area contributed by atoms with Crippen LogP contribution in [0.2, 0.25) is 0 Å². The lowest BCUT2D eigenvalue weighted by Gasteiger charge is -2.37. The van der Waals surface area contributed by atoms with Gasteiger partial charge in [0.15, 0.2) is 0 Å². The molecule has 1 heterocycles. The zero-order valence-electron chi connectivity index (χ0n) is 12.6. The number of carbonyl (C=O) groups excluding carboxylic acids is 1. The minimum Gasteiger partial charge on any atom is -0.352 e. The van der Waals surface area contributed by atoms with Crippen LogP contribution in [-0.2, 0) is 4.79 Å². The van der Waals surface area contributed by atoms with E-state index in [1.807, 2.05) is 0 Å². The second-order valence-corrected chi connectivity index (χ2v) is 6.61. The highest BCUT2D eigenvalue weighted by molar-refractivity contribution is 5.78. The maximum Gasteiger partial charge on any atom is 0.234 e.